The Bertz CT molecular complexity index is 202. The molecule has 1 rings (SSSR count). The maximum Gasteiger partial charge on any atom is 0.235 e. The Morgan fingerprint density at radius 3 is 2.44 bits per heavy atom. The van der Waals surface area contributed by atoms with E-state index in [1.807, 2.05) is 0 Å². The van der Waals surface area contributed by atoms with E-state index in [0.717, 1.165) is 0 Å². The van der Waals surface area contributed by atoms with E-state index in [2.05, 4.69) is 9.97 Å². The Hall–Kier alpha value is -1.16. The summed E-state index contributed by atoms with van der Waals surface area (Å²) in [7, 11) is 0. The van der Waals surface area contributed by atoms with Gasteiger partial charge < -0.3 is 10.2 Å². The molecule has 0 bridgehead atoms. The van der Waals surface area contributed by atoms with Crippen LogP contribution in [0.25, 0.3) is 0 Å². The molecule has 4 nitrogen and oxygen atoms in total. The lowest BCUT2D eigenvalue weighted by atomic mass is 10.5. The van der Waals surface area contributed by atoms with Crippen LogP contribution in [-0.4, -0.2) is 20.2 Å². The van der Waals surface area contributed by atoms with Gasteiger partial charge in [0, 0.05) is 12.4 Å². The molecule has 0 atom stereocenters. The van der Waals surface area contributed by atoms with Crippen molar-refractivity contribution in [3.63, 3.8) is 0 Å². The second kappa shape index (κ2) is 2.41. The van der Waals surface area contributed by atoms with Crippen LogP contribution in [0.5, 0.6) is 5.88 Å². The smallest absolute Gasteiger partial charge is 0.235 e. The van der Waals surface area contributed by atoms with Crippen molar-refractivity contribution in [1.29, 1.82) is 0 Å². The van der Waals surface area contributed by atoms with Crippen LogP contribution in [0.4, 0.5) is 0 Å². The molecule has 0 saturated carbocycles. The third kappa shape index (κ3) is 1.14. The summed E-state index contributed by atoms with van der Waals surface area (Å²) >= 11 is 0. The van der Waals surface area contributed by atoms with Crippen LogP contribution in [0.1, 0.15) is 5.69 Å². The third-order valence-corrected chi connectivity index (χ3v) is 0.902. The van der Waals surface area contributed by atoms with E-state index in [-0.39, 0.29) is 18.2 Å². The van der Waals surface area contributed by atoms with Gasteiger partial charge in [0.2, 0.25) is 5.88 Å². The van der Waals surface area contributed by atoms with Crippen molar-refractivity contribution in [3.8, 4) is 5.88 Å². The molecular formula is C5H6N2O2. The van der Waals surface area contributed by atoms with Crippen molar-refractivity contribution in [2.45, 2.75) is 6.61 Å². The zero-order valence-corrected chi connectivity index (χ0v) is 4.65. The lowest BCUT2D eigenvalue weighted by Crippen LogP contribution is -1.89. The molecule has 0 fully saturated rings. The summed E-state index contributed by atoms with van der Waals surface area (Å²) < 4.78 is 0. The second-order valence-corrected chi connectivity index (χ2v) is 1.48. The van der Waals surface area contributed by atoms with E-state index in [4.69, 9.17) is 10.2 Å². The highest BCUT2D eigenvalue weighted by Gasteiger charge is 1.97. The first-order valence-corrected chi connectivity index (χ1v) is 2.44. The number of aliphatic hydroxyl groups excluding tert-OH is 1. The molecular weight excluding hydrogens is 120 g/mol. The number of nitrogens with zero attached hydrogens (tertiary/aromatic N) is 2. The molecule has 4 heteroatoms. The number of rotatable bonds is 1. The Morgan fingerprint density at radius 2 is 2.00 bits per heavy atom. The van der Waals surface area contributed by atoms with Crippen LogP contribution in [-0.2, 0) is 6.61 Å². The van der Waals surface area contributed by atoms with Crippen molar-refractivity contribution in [2.75, 3.05) is 0 Å². The summed E-state index contributed by atoms with van der Waals surface area (Å²) in [6, 6.07) is 0. The summed E-state index contributed by atoms with van der Waals surface area (Å²) in [6.07, 6.45) is 2.76. The predicted octanol–water partition coefficient (Wildman–Crippen LogP) is -0.326. The van der Waals surface area contributed by atoms with Crippen molar-refractivity contribution >= 4 is 0 Å². The highest BCUT2D eigenvalue weighted by atomic mass is 16.3. The largest absolute Gasteiger partial charge is 0.492 e. The molecule has 2 N–H and O–H groups in total. The van der Waals surface area contributed by atoms with Crippen LogP contribution < -0.4 is 0 Å². The molecule has 1 aromatic heterocycles. The fraction of sp³-hybridized carbons (Fsp3) is 0.200. The van der Waals surface area contributed by atoms with E-state index >= 15 is 0 Å². The van der Waals surface area contributed by atoms with Gasteiger partial charge in [-0.15, -0.1) is 0 Å². The first-order valence-electron chi connectivity index (χ1n) is 2.44. The van der Waals surface area contributed by atoms with Gasteiger partial charge in [0.05, 0.1) is 6.61 Å². The number of aliphatic hydroxyl groups is 1. The van der Waals surface area contributed by atoms with E-state index < -0.39 is 0 Å². The van der Waals surface area contributed by atoms with Gasteiger partial charge in [0.1, 0.15) is 5.69 Å². The molecule has 0 saturated heterocycles. The van der Waals surface area contributed by atoms with Crippen molar-refractivity contribution < 1.29 is 10.2 Å². The maximum absolute atomic E-state index is 8.78. The van der Waals surface area contributed by atoms with Crippen molar-refractivity contribution in [3.05, 3.63) is 18.1 Å². The summed E-state index contributed by atoms with van der Waals surface area (Å²) in [6.45, 7) is -0.278. The minimum Gasteiger partial charge on any atom is -0.492 e. The molecule has 1 heterocycles. The Balaban J connectivity index is 3.01. The molecule has 9 heavy (non-hydrogen) atoms. The van der Waals surface area contributed by atoms with E-state index in [9.17, 15) is 0 Å². The average molecular weight is 126 g/mol. The molecule has 0 aromatic carbocycles. The van der Waals surface area contributed by atoms with Crippen LogP contribution in [0.15, 0.2) is 12.4 Å². The monoisotopic (exact) mass is 126 g/mol. The van der Waals surface area contributed by atoms with E-state index in [1.54, 1.807) is 0 Å². The molecule has 0 aliphatic rings. The molecule has 1 aromatic rings. The molecule has 0 aliphatic carbocycles. The fourth-order valence-corrected chi connectivity index (χ4v) is 0.471. The van der Waals surface area contributed by atoms with Crippen LogP contribution in [0, 0.1) is 0 Å². The first kappa shape index (κ1) is 5.97. The van der Waals surface area contributed by atoms with Crippen LogP contribution in [0.3, 0.4) is 0 Å². The van der Waals surface area contributed by atoms with E-state index in [1.165, 1.54) is 12.4 Å². The molecule has 0 spiro atoms. The molecule has 48 valence electrons. The third-order valence-electron chi connectivity index (χ3n) is 0.902. The number of hydrogen-bond donors (Lipinski definition) is 2. The van der Waals surface area contributed by atoms with Crippen molar-refractivity contribution in [1.82, 2.24) is 9.97 Å². The lowest BCUT2D eigenvalue weighted by Gasteiger charge is -1.94. The molecule has 0 amide bonds. The zero-order valence-electron chi connectivity index (χ0n) is 4.65. The standard InChI is InChI=1S/C5H6N2O2/c8-3-4-5(9)7-2-1-6-4/h1-2,8H,3H2,(H,7,9). The maximum atomic E-state index is 8.78. The lowest BCUT2D eigenvalue weighted by molar-refractivity contribution is 0.268. The fourth-order valence-electron chi connectivity index (χ4n) is 0.471. The van der Waals surface area contributed by atoms with Crippen molar-refractivity contribution in [2.24, 2.45) is 0 Å². The van der Waals surface area contributed by atoms with Gasteiger partial charge in [0.25, 0.3) is 0 Å². The van der Waals surface area contributed by atoms with Gasteiger partial charge in [-0.1, -0.05) is 0 Å². The Morgan fingerprint density at radius 1 is 1.33 bits per heavy atom. The van der Waals surface area contributed by atoms with Gasteiger partial charge in [-0.3, -0.25) is 4.98 Å². The SMILES string of the molecule is OCc1nccnc1O. The van der Waals surface area contributed by atoms with Gasteiger partial charge in [-0.05, 0) is 0 Å². The van der Waals surface area contributed by atoms with E-state index in [0.29, 0.717) is 0 Å². The molecule has 0 radical (unpaired) electrons. The van der Waals surface area contributed by atoms with Gasteiger partial charge in [-0.25, -0.2) is 4.98 Å². The number of aromatic nitrogens is 2. The first-order chi connectivity index (χ1) is 4.34. The normalized spacial score (nSPS) is 9.44. The predicted molar refractivity (Wildman–Crippen MR) is 29.6 cm³/mol. The molecule has 0 unspecified atom stereocenters. The topological polar surface area (TPSA) is 66.2 Å². The summed E-state index contributed by atoms with van der Waals surface area (Å²) in [5, 5.41) is 17.2. The molecule has 0 aliphatic heterocycles. The average Bonchev–Trinajstić information content (AvgIpc) is 1.89. The minimum absolute atomic E-state index is 0.206. The summed E-state index contributed by atoms with van der Waals surface area (Å²) in [5.74, 6) is -0.208. The minimum atomic E-state index is -0.278. The van der Waals surface area contributed by atoms with Crippen LogP contribution in [0.2, 0.25) is 0 Å². The Kier molecular flexibility index (Phi) is 1.60. The number of hydrogen-bond acceptors (Lipinski definition) is 4. The van der Waals surface area contributed by atoms with Gasteiger partial charge in [0.15, 0.2) is 0 Å². The Labute approximate surface area is 51.8 Å². The summed E-state index contributed by atoms with van der Waals surface area (Å²) in [5.41, 5.74) is 0.206. The number of aromatic hydroxyl groups is 1. The summed E-state index contributed by atoms with van der Waals surface area (Å²) in [4.78, 5) is 7.12. The van der Waals surface area contributed by atoms with Gasteiger partial charge >= 0.3 is 0 Å². The second-order valence-electron chi connectivity index (χ2n) is 1.48. The van der Waals surface area contributed by atoms with Crippen LogP contribution >= 0.6 is 0 Å². The van der Waals surface area contributed by atoms with Gasteiger partial charge in [-0.2, -0.15) is 0 Å². The quantitative estimate of drug-likeness (QED) is 0.541. The highest BCUT2D eigenvalue weighted by Crippen LogP contribution is 2.06. The highest BCUT2D eigenvalue weighted by molar-refractivity contribution is 5.13. The zero-order chi connectivity index (χ0) is 6.69.